The highest BCUT2D eigenvalue weighted by molar-refractivity contribution is 5.58. The molecule has 1 aromatic carbocycles. The van der Waals surface area contributed by atoms with Gasteiger partial charge in [0.15, 0.2) is 0 Å². The van der Waals surface area contributed by atoms with Crippen molar-refractivity contribution in [1.82, 2.24) is 0 Å². The van der Waals surface area contributed by atoms with Crippen molar-refractivity contribution in [1.29, 1.82) is 10.5 Å². The molecule has 62 valence electrons. The van der Waals surface area contributed by atoms with Gasteiger partial charge in [-0.2, -0.15) is 10.5 Å². The summed E-state index contributed by atoms with van der Waals surface area (Å²) in [5.41, 5.74) is 1.42. The maximum Gasteiger partial charge on any atom is 0.101 e. The lowest BCUT2D eigenvalue weighted by Gasteiger charge is -1.99. The molecule has 2 nitrogen and oxygen atoms in total. The summed E-state index contributed by atoms with van der Waals surface area (Å²) in [5, 5.41) is 17.4. The summed E-state index contributed by atoms with van der Waals surface area (Å²) in [4.78, 5) is 0. The van der Waals surface area contributed by atoms with Crippen LogP contribution in [0.25, 0.3) is 0 Å². The first-order valence-electron chi connectivity index (χ1n) is 3.68. The molecule has 0 saturated heterocycles. The fraction of sp³-hybridized carbons (Fsp3) is 0. The lowest BCUT2D eigenvalue weighted by molar-refractivity contribution is 1.41. The molecule has 14 heavy (non-hydrogen) atoms. The van der Waals surface area contributed by atoms with Crippen LogP contribution in [0.15, 0.2) is 12.1 Å². The largest absolute Gasteiger partial charge is 0.192 e. The SMILES string of the molecule is C#Cc1cc(C#N)c(C#N)cc1C#C. The van der Waals surface area contributed by atoms with E-state index in [4.69, 9.17) is 23.4 Å². The van der Waals surface area contributed by atoms with Gasteiger partial charge in [0.25, 0.3) is 0 Å². The Morgan fingerprint density at radius 1 is 0.786 bits per heavy atom. The second kappa shape index (κ2) is 3.82. The van der Waals surface area contributed by atoms with Gasteiger partial charge in [-0.1, -0.05) is 11.8 Å². The van der Waals surface area contributed by atoms with Crippen molar-refractivity contribution in [3.05, 3.63) is 34.4 Å². The average molecular weight is 176 g/mol. The Balaban J connectivity index is 3.60. The van der Waals surface area contributed by atoms with Gasteiger partial charge in [-0.25, -0.2) is 0 Å². The van der Waals surface area contributed by atoms with E-state index in [-0.39, 0.29) is 11.1 Å². The Bertz CT molecular complexity index is 442. The van der Waals surface area contributed by atoms with Crippen LogP contribution in [0.4, 0.5) is 0 Å². The molecule has 1 rings (SSSR count). The second-order valence-corrected chi connectivity index (χ2v) is 2.46. The molecule has 0 aliphatic heterocycles. The van der Waals surface area contributed by atoms with Crippen LogP contribution in [0.2, 0.25) is 0 Å². The summed E-state index contributed by atoms with van der Waals surface area (Å²) in [5.74, 6) is 4.74. The highest BCUT2D eigenvalue weighted by Gasteiger charge is 2.06. The van der Waals surface area contributed by atoms with Gasteiger partial charge in [0.2, 0.25) is 0 Å². The molecule has 0 aliphatic carbocycles. The van der Waals surface area contributed by atoms with E-state index in [1.165, 1.54) is 12.1 Å². The summed E-state index contributed by atoms with van der Waals surface area (Å²) in [6.07, 6.45) is 10.4. The number of hydrogen-bond donors (Lipinski definition) is 0. The molecule has 0 aliphatic rings. The molecule has 0 spiro atoms. The van der Waals surface area contributed by atoms with Crippen LogP contribution in [-0.2, 0) is 0 Å². The van der Waals surface area contributed by atoms with E-state index in [2.05, 4.69) is 11.8 Å². The normalized spacial score (nSPS) is 7.71. The zero-order valence-corrected chi connectivity index (χ0v) is 7.20. The maximum atomic E-state index is 8.71. The van der Waals surface area contributed by atoms with E-state index in [0.29, 0.717) is 11.1 Å². The van der Waals surface area contributed by atoms with Gasteiger partial charge in [-0.3, -0.25) is 0 Å². The van der Waals surface area contributed by atoms with Crippen molar-refractivity contribution < 1.29 is 0 Å². The molecule has 0 unspecified atom stereocenters. The number of hydrogen-bond acceptors (Lipinski definition) is 2. The van der Waals surface area contributed by atoms with E-state index in [0.717, 1.165) is 0 Å². The number of nitriles is 2. The standard InChI is InChI=1S/C12H4N2/c1-3-9-5-11(7-13)12(8-14)6-10(9)4-2/h1-2,5-6H. The maximum absolute atomic E-state index is 8.71. The van der Waals surface area contributed by atoms with E-state index >= 15 is 0 Å². The van der Waals surface area contributed by atoms with Gasteiger partial charge >= 0.3 is 0 Å². The molecule has 0 N–H and O–H groups in total. The fourth-order valence-corrected chi connectivity index (χ4v) is 1.02. The lowest BCUT2D eigenvalue weighted by Crippen LogP contribution is -1.90. The van der Waals surface area contributed by atoms with Gasteiger partial charge in [0.05, 0.1) is 11.1 Å². The van der Waals surface area contributed by atoms with Crippen molar-refractivity contribution in [2.75, 3.05) is 0 Å². The van der Waals surface area contributed by atoms with Crippen molar-refractivity contribution in [3.8, 4) is 36.8 Å². The van der Waals surface area contributed by atoms with Gasteiger partial charge < -0.3 is 0 Å². The van der Waals surface area contributed by atoms with Crippen LogP contribution < -0.4 is 0 Å². The predicted molar refractivity (Wildman–Crippen MR) is 51.7 cm³/mol. The smallest absolute Gasteiger partial charge is 0.101 e. The van der Waals surface area contributed by atoms with Crippen molar-refractivity contribution in [3.63, 3.8) is 0 Å². The number of benzene rings is 1. The number of rotatable bonds is 0. The minimum absolute atomic E-state index is 0.249. The van der Waals surface area contributed by atoms with Crippen LogP contribution in [0, 0.1) is 47.3 Å². The average Bonchev–Trinajstić information content (AvgIpc) is 2.26. The first kappa shape index (κ1) is 9.41. The molecule has 0 heterocycles. The fourth-order valence-electron chi connectivity index (χ4n) is 1.02. The van der Waals surface area contributed by atoms with Crippen LogP contribution in [0.1, 0.15) is 22.3 Å². The molecule has 0 amide bonds. The molecule has 0 bridgehead atoms. The first-order chi connectivity index (χ1) is 6.76. The molecule has 0 atom stereocenters. The quantitative estimate of drug-likeness (QED) is 0.561. The molecule has 0 radical (unpaired) electrons. The Morgan fingerprint density at radius 3 is 1.36 bits per heavy atom. The minimum atomic E-state index is 0.249. The number of terminal acetylenes is 2. The van der Waals surface area contributed by atoms with Gasteiger partial charge in [-0.15, -0.1) is 12.8 Å². The predicted octanol–water partition coefficient (Wildman–Crippen LogP) is 1.39. The third-order valence-corrected chi connectivity index (χ3v) is 1.71. The van der Waals surface area contributed by atoms with Crippen molar-refractivity contribution in [2.24, 2.45) is 0 Å². The highest BCUT2D eigenvalue weighted by Crippen LogP contribution is 2.14. The number of nitrogens with zero attached hydrogens (tertiary/aromatic N) is 2. The topological polar surface area (TPSA) is 47.6 Å². The Labute approximate surface area is 82.4 Å². The zero-order chi connectivity index (χ0) is 10.6. The van der Waals surface area contributed by atoms with Gasteiger partial charge in [-0.05, 0) is 12.1 Å². The molecular formula is C12H4N2. The summed E-state index contributed by atoms with van der Waals surface area (Å²) in [6.45, 7) is 0. The molecule has 2 heteroatoms. The Hall–Kier alpha value is -2.68. The monoisotopic (exact) mass is 176 g/mol. The molecular weight excluding hydrogens is 172 g/mol. The van der Waals surface area contributed by atoms with E-state index in [9.17, 15) is 0 Å². The summed E-state index contributed by atoms with van der Waals surface area (Å²) >= 11 is 0. The molecule has 0 saturated carbocycles. The zero-order valence-electron chi connectivity index (χ0n) is 7.20. The molecule has 1 aromatic rings. The molecule has 0 fully saturated rings. The van der Waals surface area contributed by atoms with Gasteiger partial charge in [0.1, 0.15) is 12.1 Å². The van der Waals surface area contributed by atoms with E-state index in [1.54, 1.807) is 0 Å². The minimum Gasteiger partial charge on any atom is -0.192 e. The first-order valence-corrected chi connectivity index (χ1v) is 3.68. The van der Waals surface area contributed by atoms with Crippen LogP contribution >= 0.6 is 0 Å². The second-order valence-electron chi connectivity index (χ2n) is 2.46. The van der Waals surface area contributed by atoms with Gasteiger partial charge in [0, 0.05) is 11.1 Å². The molecule has 0 aromatic heterocycles. The third-order valence-electron chi connectivity index (χ3n) is 1.71. The van der Waals surface area contributed by atoms with E-state index < -0.39 is 0 Å². The van der Waals surface area contributed by atoms with Crippen LogP contribution in [0.3, 0.4) is 0 Å². The lowest BCUT2D eigenvalue weighted by atomic mass is 10.0. The van der Waals surface area contributed by atoms with Crippen molar-refractivity contribution >= 4 is 0 Å². The Kier molecular flexibility index (Phi) is 2.57. The highest BCUT2D eigenvalue weighted by atomic mass is 14.3. The van der Waals surface area contributed by atoms with Crippen LogP contribution in [0.5, 0.6) is 0 Å². The van der Waals surface area contributed by atoms with E-state index in [1.807, 2.05) is 12.1 Å². The third kappa shape index (κ3) is 1.42. The Morgan fingerprint density at radius 2 is 1.14 bits per heavy atom. The van der Waals surface area contributed by atoms with Crippen molar-refractivity contribution in [2.45, 2.75) is 0 Å². The summed E-state index contributed by atoms with van der Waals surface area (Å²) < 4.78 is 0. The van der Waals surface area contributed by atoms with Crippen LogP contribution in [-0.4, -0.2) is 0 Å². The summed E-state index contributed by atoms with van der Waals surface area (Å²) in [6, 6.07) is 6.68. The summed E-state index contributed by atoms with van der Waals surface area (Å²) in [7, 11) is 0.